The van der Waals surface area contributed by atoms with Crippen LogP contribution < -0.4 is 19.3 Å². The quantitative estimate of drug-likeness (QED) is 0.165. The maximum absolute atomic E-state index is 9.56. The van der Waals surface area contributed by atoms with Crippen LogP contribution in [0.4, 0.5) is 22.7 Å². The number of pyridine rings is 1. The van der Waals surface area contributed by atoms with Crippen LogP contribution in [0.15, 0.2) is 176 Å². The predicted molar refractivity (Wildman–Crippen MR) is 297 cm³/mol. The number of fused-ring (bicyclic) bond motifs is 6. The molecule has 366 valence electrons. The number of rotatable bonds is 3. The fourth-order valence-electron chi connectivity index (χ4n) is 9.93. The number of nitrogens with zero attached hydrogens (tertiary/aromatic N) is 4. The van der Waals surface area contributed by atoms with E-state index in [1.54, 1.807) is 29.0 Å². The molecule has 8 aromatic carbocycles. The Morgan fingerprint density at radius 2 is 1.27 bits per heavy atom. The van der Waals surface area contributed by atoms with Gasteiger partial charge in [0.15, 0.2) is 0 Å². The summed E-state index contributed by atoms with van der Waals surface area (Å²) < 4.78 is 70.5. The Morgan fingerprint density at radius 3 is 1.93 bits per heavy atom. The molecule has 0 radical (unpaired) electrons. The van der Waals surface area contributed by atoms with E-state index in [-0.39, 0.29) is 61.3 Å². The van der Waals surface area contributed by atoms with Crippen molar-refractivity contribution in [3.8, 4) is 62.2 Å². The number of para-hydroxylation sites is 3. The summed E-state index contributed by atoms with van der Waals surface area (Å²) in [7, 11) is 0. The summed E-state index contributed by atoms with van der Waals surface area (Å²) in [5, 5.41) is 0.791. The molecule has 0 fully saturated rings. The van der Waals surface area contributed by atoms with Crippen LogP contribution in [0.5, 0.6) is 23.0 Å². The first-order valence-corrected chi connectivity index (χ1v) is 24.5. The van der Waals surface area contributed by atoms with Gasteiger partial charge in [-0.2, -0.15) is 12.1 Å². The molecule has 15 rings (SSSR count). The topological polar surface area (TPSA) is 42.8 Å². The Bertz CT molecular complexity index is 4040. The van der Waals surface area contributed by atoms with Crippen LogP contribution in [0.3, 0.4) is 0 Å². The van der Waals surface area contributed by atoms with Crippen LogP contribution in [0.1, 0.15) is 80.3 Å². The van der Waals surface area contributed by atoms with Crippen molar-refractivity contribution < 1.29 is 38.8 Å². The van der Waals surface area contributed by atoms with Gasteiger partial charge in [0.1, 0.15) is 17.3 Å². The first kappa shape index (κ1) is 41.1. The molecule has 5 aliphatic rings. The number of anilines is 4. The molecular formula is C66H57N4O2Pt-3. The molecule has 0 saturated heterocycles. The second-order valence-corrected chi connectivity index (χ2v) is 21.0. The molecule has 0 spiro atoms. The van der Waals surface area contributed by atoms with Crippen molar-refractivity contribution in [2.24, 2.45) is 5.92 Å². The first-order valence-electron chi connectivity index (χ1n) is 27.5. The van der Waals surface area contributed by atoms with Gasteiger partial charge in [-0.3, -0.25) is 0 Å². The minimum atomic E-state index is -1.87. The fraction of sp³-hybridized carbons (Fsp3) is 0.182. The van der Waals surface area contributed by atoms with E-state index in [1.807, 2.05) is 62.4 Å². The summed E-state index contributed by atoms with van der Waals surface area (Å²) in [5.74, 6) is 1.82. The van der Waals surface area contributed by atoms with Gasteiger partial charge in [0, 0.05) is 80.8 Å². The van der Waals surface area contributed by atoms with Gasteiger partial charge in [0.25, 0.3) is 0 Å². The molecule has 2 aromatic heterocycles. The largest absolute Gasteiger partial charge is 0.509 e. The monoisotopic (exact) mass is 1140 g/mol. The van der Waals surface area contributed by atoms with E-state index in [1.165, 1.54) is 5.56 Å². The van der Waals surface area contributed by atoms with Crippen LogP contribution in [-0.4, -0.2) is 9.55 Å². The number of hydrogen-bond acceptors (Lipinski definition) is 5. The smallest absolute Gasteiger partial charge is 0.135 e. The second kappa shape index (κ2) is 18.6. The SMILES string of the molecule is [2H]c1c([2H])c([2H])c2c(c1[2H])c1ccc3[c-]c1n2-c1cc(C([2H])([2H])C(C)C)c(cn1)-c1ccc(cc1)Oc1ccc(cc1)-c1cc(C(C)(C)C)cc(-c2ccccc2)c1N1[CH-]N(c2[c-]c(c(C(C)(C)C)cc2)O3)c2ccccc21.[Pt]. The zero-order valence-electron chi connectivity index (χ0n) is 48.0. The molecule has 7 heteroatoms. The zero-order valence-corrected chi connectivity index (χ0v) is 44.3. The summed E-state index contributed by atoms with van der Waals surface area (Å²) in [6.45, 7) is 18.9. The van der Waals surface area contributed by atoms with Crippen molar-refractivity contribution >= 4 is 44.6 Å². The van der Waals surface area contributed by atoms with Crippen molar-refractivity contribution in [2.75, 3.05) is 9.80 Å². The van der Waals surface area contributed by atoms with E-state index in [0.717, 1.165) is 56.1 Å². The maximum Gasteiger partial charge on any atom is 0.135 e. The van der Waals surface area contributed by atoms with Gasteiger partial charge in [0.05, 0.1) is 5.48 Å². The van der Waals surface area contributed by atoms with Gasteiger partial charge < -0.3 is 23.8 Å². The van der Waals surface area contributed by atoms with E-state index < -0.39 is 23.7 Å². The van der Waals surface area contributed by atoms with Gasteiger partial charge in [-0.15, -0.1) is 47.6 Å². The van der Waals surface area contributed by atoms with Crippen molar-refractivity contribution in [3.63, 3.8) is 0 Å². The van der Waals surface area contributed by atoms with Crippen molar-refractivity contribution in [1.82, 2.24) is 9.55 Å². The van der Waals surface area contributed by atoms with Crippen molar-refractivity contribution in [2.45, 2.75) is 72.6 Å². The molecule has 0 amide bonds. The van der Waals surface area contributed by atoms with E-state index in [0.29, 0.717) is 45.0 Å². The standard InChI is InChI=1S/C66H57N4O2.Pt/c1-42(2)34-46-35-63-67-40-56(46)45-24-29-50(30-25-45)71-49-27-22-44(23-28-49)55-37-47(65(3,4)5)36-54(43-16-10-9-11-17-43)64(55)69-41-68(59-20-14-15-21-60(59)69)48-26-33-57(66(6,7)8)62(38-48)72-51-31-32-53-52-18-12-13-19-58(52)70(63)61(53)39-51;/h9-33,35-37,40-42H,34H2,1-8H3;/q-3;/i12D,13D,18D,19D,34D2;. The minimum Gasteiger partial charge on any atom is -0.509 e. The predicted octanol–water partition coefficient (Wildman–Crippen LogP) is 17.9. The van der Waals surface area contributed by atoms with E-state index >= 15 is 0 Å². The van der Waals surface area contributed by atoms with Crippen LogP contribution >= 0.6 is 0 Å². The maximum atomic E-state index is 9.56. The van der Waals surface area contributed by atoms with E-state index in [9.17, 15) is 5.48 Å². The summed E-state index contributed by atoms with van der Waals surface area (Å²) in [6, 6.07) is 54.7. The summed E-state index contributed by atoms with van der Waals surface area (Å²) in [5.41, 5.74) is 11.5. The summed E-state index contributed by atoms with van der Waals surface area (Å²) in [4.78, 5) is 9.42. The molecule has 10 aromatic rings. The second-order valence-electron chi connectivity index (χ2n) is 21.0. The Kier molecular flexibility index (Phi) is 10.5. The molecule has 0 N–H and O–H groups in total. The van der Waals surface area contributed by atoms with E-state index in [4.69, 9.17) is 17.2 Å². The molecule has 0 aliphatic carbocycles. The number of hydrogen-bond donors (Lipinski definition) is 0. The minimum absolute atomic E-state index is 0. The number of ether oxygens (including phenoxy) is 2. The van der Waals surface area contributed by atoms with Crippen LogP contribution in [0.25, 0.3) is 61.0 Å². The van der Waals surface area contributed by atoms with Crippen LogP contribution in [0.2, 0.25) is 0 Å². The van der Waals surface area contributed by atoms with Gasteiger partial charge in [-0.25, -0.2) is 4.98 Å². The molecule has 0 saturated carbocycles. The molecular weight excluding hydrogens is 1080 g/mol. The van der Waals surface area contributed by atoms with Crippen LogP contribution in [-0.2, 0) is 38.3 Å². The van der Waals surface area contributed by atoms with E-state index in [2.05, 4.69) is 149 Å². The van der Waals surface area contributed by atoms with Crippen molar-refractivity contribution in [3.05, 3.63) is 211 Å². The number of aromatic nitrogens is 2. The Hall–Kier alpha value is -7.40. The number of benzene rings is 8. The first-order chi connectivity index (χ1) is 37.2. The third-order valence-electron chi connectivity index (χ3n) is 13.5. The Labute approximate surface area is 452 Å². The van der Waals surface area contributed by atoms with Gasteiger partial charge >= 0.3 is 0 Å². The molecule has 12 bridgehead atoms. The van der Waals surface area contributed by atoms with Crippen molar-refractivity contribution in [1.29, 1.82) is 0 Å². The Balaban J connectivity index is 0.00000660. The van der Waals surface area contributed by atoms with Gasteiger partial charge in [-0.05, 0) is 112 Å². The third kappa shape index (κ3) is 8.80. The fourth-order valence-corrected chi connectivity index (χ4v) is 9.93. The zero-order chi connectivity index (χ0) is 54.7. The summed E-state index contributed by atoms with van der Waals surface area (Å²) in [6.07, 6.45) is -0.227. The molecule has 0 atom stereocenters. The molecule has 7 heterocycles. The van der Waals surface area contributed by atoms with Crippen LogP contribution in [0, 0.1) is 24.7 Å². The molecule has 73 heavy (non-hydrogen) atoms. The summed E-state index contributed by atoms with van der Waals surface area (Å²) >= 11 is 0. The molecule has 0 unspecified atom stereocenters. The average Bonchev–Trinajstić information content (AvgIpc) is 3.73. The molecule has 6 nitrogen and oxygen atoms in total. The average molecular weight is 1140 g/mol. The molecule has 5 aliphatic heterocycles. The van der Waals surface area contributed by atoms with Gasteiger partial charge in [0.2, 0.25) is 0 Å². The normalized spacial score (nSPS) is 14.5. The Morgan fingerprint density at radius 1 is 0.644 bits per heavy atom. The van der Waals surface area contributed by atoms with Gasteiger partial charge in [-0.1, -0.05) is 151 Å². The third-order valence-corrected chi connectivity index (χ3v) is 13.5.